The lowest BCUT2D eigenvalue weighted by Crippen LogP contribution is -2.37. The van der Waals surface area contributed by atoms with Crippen molar-refractivity contribution < 1.29 is 9.47 Å². The molecule has 0 heterocycles. The van der Waals surface area contributed by atoms with Gasteiger partial charge in [0.1, 0.15) is 6.10 Å². The molecule has 5 heteroatoms. The van der Waals surface area contributed by atoms with Crippen molar-refractivity contribution in [2.75, 3.05) is 34.3 Å². The summed E-state index contributed by atoms with van der Waals surface area (Å²) >= 11 is 0. The highest BCUT2D eigenvalue weighted by molar-refractivity contribution is 5.79. The van der Waals surface area contributed by atoms with Crippen LogP contribution >= 0.6 is 0 Å². The molecule has 0 fully saturated rings. The van der Waals surface area contributed by atoms with E-state index >= 15 is 0 Å². The van der Waals surface area contributed by atoms with Gasteiger partial charge >= 0.3 is 0 Å². The van der Waals surface area contributed by atoms with E-state index in [2.05, 4.69) is 10.3 Å². The Hall–Kier alpha value is -1.91. The molecular formula is C15H25N3O2. The van der Waals surface area contributed by atoms with Gasteiger partial charge in [-0.25, -0.2) is 4.99 Å². The smallest absolute Gasteiger partial charge is 0.193 e. The van der Waals surface area contributed by atoms with Gasteiger partial charge in [0.05, 0.1) is 13.7 Å². The summed E-state index contributed by atoms with van der Waals surface area (Å²) in [4.78, 5) is 6.49. The fourth-order valence-corrected chi connectivity index (χ4v) is 1.70. The average Bonchev–Trinajstić information content (AvgIpc) is 2.43. The zero-order chi connectivity index (χ0) is 15.0. The molecule has 0 saturated heterocycles. The maximum Gasteiger partial charge on any atom is 0.193 e. The number of ether oxygens (including phenoxy) is 2. The molecule has 5 nitrogen and oxygen atoms in total. The first-order valence-corrected chi connectivity index (χ1v) is 6.83. The van der Waals surface area contributed by atoms with Crippen LogP contribution in [0.25, 0.3) is 0 Å². The first-order chi connectivity index (χ1) is 9.58. The summed E-state index contributed by atoms with van der Waals surface area (Å²) in [6.07, 6.45) is -0.0279. The molecule has 1 rings (SSSR count). The summed E-state index contributed by atoms with van der Waals surface area (Å²) < 4.78 is 11.1. The summed E-state index contributed by atoms with van der Waals surface area (Å²) in [6.45, 7) is 5.47. The number of para-hydroxylation sites is 2. The van der Waals surface area contributed by atoms with Gasteiger partial charge in [0, 0.05) is 20.6 Å². The number of guanidine groups is 1. The van der Waals surface area contributed by atoms with Gasteiger partial charge in [-0.1, -0.05) is 12.1 Å². The van der Waals surface area contributed by atoms with Gasteiger partial charge in [0.25, 0.3) is 0 Å². The second-order valence-electron chi connectivity index (χ2n) is 4.67. The van der Waals surface area contributed by atoms with E-state index < -0.39 is 0 Å². The van der Waals surface area contributed by atoms with E-state index in [4.69, 9.17) is 9.47 Å². The van der Waals surface area contributed by atoms with Crippen LogP contribution in [0, 0.1) is 0 Å². The van der Waals surface area contributed by atoms with Crippen LogP contribution in [-0.2, 0) is 0 Å². The molecule has 0 aromatic heterocycles. The molecular weight excluding hydrogens is 254 g/mol. The zero-order valence-electron chi connectivity index (χ0n) is 13.0. The fourth-order valence-electron chi connectivity index (χ4n) is 1.70. The van der Waals surface area contributed by atoms with Gasteiger partial charge in [-0.3, -0.25) is 0 Å². The Bertz CT molecular complexity index is 433. The second-order valence-corrected chi connectivity index (χ2v) is 4.67. The number of benzene rings is 1. The molecule has 0 aliphatic heterocycles. The summed E-state index contributed by atoms with van der Waals surface area (Å²) in [5, 5.41) is 3.22. The molecule has 1 N–H and O–H groups in total. The van der Waals surface area contributed by atoms with E-state index in [0.29, 0.717) is 6.54 Å². The maximum absolute atomic E-state index is 5.87. The van der Waals surface area contributed by atoms with Gasteiger partial charge < -0.3 is 19.7 Å². The third-order valence-electron chi connectivity index (χ3n) is 2.65. The standard InChI is InChI=1S/C15H25N3O2/c1-6-16-15(18(3)4)17-11-12(2)20-14-10-8-7-9-13(14)19-5/h7-10,12H,6,11H2,1-5H3,(H,16,17). The lowest BCUT2D eigenvalue weighted by Gasteiger charge is -2.19. The second kappa shape index (κ2) is 8.30. The SMILES string of the molecule is CCNC(=NCC(C)Oc1ccccc1OC)N(C)C. The van der Waals surface area contributed by atoms with Crippen LogP contribution in [-0.4, -0.2) is 51.3 Å². The van der Waals surface area contributed by atoms with Crippen molar-refractivity contribution in [3.63, 3.8) is 0 Å². The fraction of sp³-hybridized carbons (Fsp3) is 0.533. The number of nitrogens with one attached hydrogen (secondary N) is 1. The van der Waals surface area contributed by atoms with Gasteiger partial charge in [-0.2, -0.15) is 0 Å². The predicted molar refractivity (Wildman–Crippen MR) is 82.7 cm³/mol. The summed E-state index contributed by atoms with van der Waals surface area (Å²) in [5.74, 6) is 2.35. The molecule has 1 aromatic rings. The molecule has 112 valence electrons. The van der Waals surface area contributed by atoms with Crippen molar-refractivity contribution in [2.24, 2.45) is 4.99 Å². The van der Waals surface area contributed by atoms with Crippen LogP contribution in [0.15, 0.2) is 29.3 Å². The Morgan fingerprint density at radius 2 is 1.95 bits per heavy atom. The zero-order valence-corrected chi connectivity index (χ0v) is 13.0. The molecule has 20 heavy (non-hydrogen) atoms. The number of nitrogens with zero attached hydrogens (tertiary/aromatic N) is 2. The van der Waals surface area contributed by atoms with Crippen molar-refractivity contribution in [1.82, 2.24) is 10.2 Å². The summed E-state index contributed by atoms with van der Waals surface area (Å²) in [5.41, 5.74) is 0. The Morgan fingerprint density at radius 3 is 2.50 bits per heavy atom. The van der Waals surface area contributed by atoms with Gasteiger partial charge in [0.2, 0.25) is 0 Å². The maximum atomic E-state index is 5.87. The van der Waals surface area contributed by atoms with Gasteiger partial charge in [-0.15, -0.1) is 0 Å². The van der Waals surface area contributed by atoms with E-state index in [9.17, 15) is 0 Å². The van der Waals surface area contributed by atoms with E-state index in [1.807, 2.05) is 57.1 Å². The average molecular weight is 279 g/mol. The summed E-state index contributed by atoms with van der Waals surface area (Å²) in [7, 11) is 5.57. The van der Waals surface area contributed by atoms with E-state index in [-0.39, 0.29) is 6.10 Å². The third kappa shape index (κ3) is 4.99. The number of hydrogen-bond acceptors (Lipinski definition) is 3. The van der Waals surface area contributed by atoms with Crippen LogP contribution in [0.2, 0.25) is 0 Å². The molecule has 0 spiro atoms. The van der Waals surface area contributed by atoms with Crippen molar-refractivity contribution in [3.8, 4) is 11.5 Å². The Labute approximate surface area is 121 Å². The summed E-state index contributed by atoms with van der Waals surface area (Å²) in [6, 6.07) is 7.63. The molecule has 0 amide bonds. The van der Waals surface area contributed by atoms with Gasteiger partial charge in [0.15, 0.2) is 17.5 Å². The topological polar surface area (TPSA) is 46.1 Å². The number of aliphatic imine (C=N–C) groups is 1. The first kappa shape index (κ1) is 16.1. The van der Waals surface area contributed by atoms with Crippen LogP contribution in [0.5, 0.6) is 11.5 Å². The molecule has 0 bridgehead atoms. The Morgan fingerprint density at radius 1 is 1.30 bits per heavy atom. The minimum atomic E-state index is -0.0279. The molecule has 0 aliphatic carbocycles. The normalized spacial score (nSPS) is 12.8. The van der Waals surface area contributed by atoms with E-state index in [1.165, 1.54) is 0 Å². The van der Waals surface area contributed by atoms with Crippen LogP contribution in [0.4, 0.5) is 0 Å². The quantitative estimate of drug-likeness (QED) is 0.639. The van der Waals surface area contributed by atoms with Crippen molar-refractivity contribution in [3.05, 3.63) is 24.3 Å². The number of methoxy groups -OCH3 is 1. The van der Waals surface area contributed by atoms with Crippen molar-refractivity contribution in [1.29, 1.82) is 0 Å². The highest BCUT2D eigenvalue weighted by Gasteiger charge is 2.09. The molecule has 1 aromatic carbocycles. The first-order valence-electron chi connectivity index (χ1n) is 6.83. The van der Waals surface area contributed by atoms with Crippen molar-refractivity contribution >= 4 is 5.96 Å². The lowest BCUT2D eigenvalue weighted by atomic mass is 10.3. The van der Waals surface area contributed by atoms with Crippen LogP contribution in [0.1, 0.15) is 13.8 Å². The molecule has 0 radical (unpaired) electrons. The molecule has 1 unspecified atom stereocenters. The monoisotopic (exact) mass is 279 g/mol. The lowest BCUT2D eigenvalue weighted by molar-refractivity contribution is 0.219. The highest BCUT2D eigenvalue weighted by atomic mass is 16.5. The molecule has 1 atom stereocenters. The Kier molecular flexibility index (Phi) is 6.70. The highest BCUT2D eigenvalue weighted by Crippen LogP contribution is 2.26. The molecule has 0 saturated carbocycles. The number of rotatable bonds is 6. The van der Waals surface area contributed by atoms with E-state index in [0.717, 1.165) is 24.0 Å². The number of hydrogen-bond donors (Lipinski definition) is 1. The molecule has 0 aliphatic rings. The van der Waals surface area contributed by atoms with E-state index in [1.54, 1.807) is 7.11 Å². The predicted octanol–water partition coefficient (Wildman–Crippen LogP) is 1.99. The Balaban J connectivity index is 2.62. The van der Waals surface area contributed by atoms with Gasteiger partial charge in [-0.05, 0) is 26.0 Å². The van der Waals surface area contributed by atoms with Crippen LogP contribution < -0.4 is 14.8 Å². The largest absolute Gasteiger partial charge is 0.493 e. The minimum absolute atomic E-state index is 0.0279. The third-order valence-corrected chi connectivity index (χ3v) is 2.65. The van der Waals surface area contributed by atoms with Crippen molar-refractivity contribution in [2.45, 2.75) is 20.0 Å². The minimum Gasteiger partial charge on any atom is -0.493 e. The van der Waals surface area contributed by atoms with Crippen LogP contribution in [0.3, 0.4) is 0 Å².